The average Bonchev–Trinajstić information content (AvgIpc) is 2.14. The first-order chi connectivity index (χ1) is 6.24. The van der Waals surface area contributed by atoms with Gasteiger partial charge in [0.1, 0.15) is 5.69 Å². The minimum atomic E-state index is -0.0969. The fraction of sp³-hybridized carbons (Fsp3) is 0.333. The lowest BCUT2D eigenvalue weighted by Crippen LogP contribution is -2.26. The number of nitrogens with zero attached hydrogens (tertiary/aromatic N) is 1. The number of halogens is 1. The third-order valence-corrected chi connectivity index (χ3v) is 2.04. The molecule has 1 rings (SSSR count). The number of amides is 1. The van der Waals surface area contributed by atoms with Crippen LogP contribution in [0.2, 0.25) is 0 Å². The van der Waals surface area contributed by atoms with Crippen molar-refractivity contribution < 1.29 is 4.79 Å². The number of carbonyl (C=O) groups is 1. The van der Waals surface area contributed by atoms with Crippen LogP contribution in [0.1, 0.15) is 16.2 Å². The summed E-state index contributed by atoms with van der Waals surface area (Å²) < 4.78 is 0.912. The zero-order valence-electron chi connectivity index (χ0n) is 7.38. The summed E-state index contributed by atoms with van der Waals surface area (Å²) >= 11 is 2.21. The van der Waals surface area contributed by atoms with Gasteiger partial charge in [0.25, 0.3) is 5.91 Å². The molecule has 0 atom stereocenters. The Morgan fingerprint density at radius 2 is 2.38 bits per heavy atom. The first-order valence-electron chi connectivity index (χ1n) is 4.02. The van der Waals surface area contributed by atoms with Gasteiger partial charge in [-0.3, -0.25) is 4.79 Å². The Hall–Kier alpha value is -0.650. The number of aryl methyl sites for hydroxylation is 1. The predicted octanol–water partition coefficient (Wildman–Crippen LogP) is 1.55. The molecule has 4 heteroatoms. The van der Waals surface area contributed by atoms with Crippen molar-refractivity contribution in [2.75, 3.05) is 11.0 Å². The Kier molecular flexibility index (Phi) is 4.14. The summed E-state index contributed by atoms with van der Waals surface area (Å²) in [6.07, 6.45) is 0. The summed E-state index contributed by atoms with van der Waals surface area (Å²) in [6.45, 7) is 2.56. The third kappa shape index (κ3) is 3.30. The van der Waals surface area contributed by atoms with Crippen LogP contribution in [0, 0.1) is 6.92 Å². The lowest BCUT2D eigenvalue weighted by atomic mass is 10.3. The molecule has 0 saturated heterocycles. The second kappa shape index (κ2) is 5.16. The van der Waals surface area contributed by atoms with Crippen molar-refractivity contribution in [3.8, 4) is 0 Å². The summed E-state index contributed by atoms with van der Waals surface area (Å²) in [7, 11) is 0. The molecule has 0 saturated carbocycles. The van der Waals surface area contributed by atoms with Crippen LogP contribution in [-0.2, 0) is 0 Å². The lowest BCUT2D eigenvalue weighted by molar-refractivity contribution is 0.0951. The maximum atomic E-state index is 11.4. The molecular weight excluding hydrogens is 279 g/mol. The lowest BCUT2D eigenvalue weighted by Gasteiger charge is -2.02. The highest BCUT2D eigenvalue weighted by atomic mass is 127. The van der Waals surface area contributed by atoms with Crippen molar-refractivity contribution in [2.24, 2.45) is 0 Å². The molecule has 70 valence electrons. The van der Waals surface area contributed by atoms with Gasteiger partial charge in [0, 0.05) is 16.7 Å². The van der Waals surface area contributed by atoms with E-state index in [9.17, 15) is 4.79 Å². The fourth-order valence-corrected chi connectivity index (χ4v) is 1.19. The quantitative estimate of drug-likeness (QED) is 0.678. The first-order valence-corrected chi connectivity index (χ1v) is 5.54. The van der Waals surface area contributed by atoms with Crippen LogP contribution in [0.15, 0.2) is 18.2 Å². The Labute approximate surface area is 91.1 Å². The predicted molar refractivity (Wildman–Crippen MR) is 60.2 cm³/mol. The van der Waals surface area contributed by atoms with Gasteiger partial charge in [-0.15, -0.1) is 0 Å². The molecule has 1 amide bonds. The minimum Gasteiger partial charge on any atom is -0.350 e. The minimum absolute atomic E-state index is 0.0969. The van der Waals surface area contributed by atoms with Gasteiger partial charge >= 0.3 is 0 Å². The van der Waals surface area contributed by atoms with Crippen LogP contribution in [0.3, 0.4) is 0 Å². The van der Waals surface area contributed by atoms with Gasteiger partial charge in [0.15, 0.2) is 0 Å². The van der Waals surface area contributed by atoms with Gasteiger partial charge in [-0.2, -0.15) is 0 Å². The summed E-state index contributed by atoms with van der Waals surface area (Å²) in [4.78, 5) is 15.5. The Morgan fingerprint density at radius 1 is 1.62 bits per heavy atom. The zero-order chi connectivity index (χ0) is 9.68. The van der Waals surface area contributed by atoms with Crippen LogP contribution in [0.4, 0.5) is 0 Å². The largest absolute Gasteiger partial charge is 0.350 e. The fourth-order valence-electron chi connectivity index (χ4n) is 0.921. The molecule has 0 fully saturated rings. The average molecular weight is 290 g/mol. The Bertz CT molecular complexity index is 301. The molecule has 0 bridgehead atoms. The van der Waals surface area contributed by atoms with Crippen LogP contribution < -0.4 is 5.32 Å². The van der Waals surface area contributed by atoms with Crippen molar-refractivity contribution in [1.82, 2.24) is 10.3 Å². The van der Waals surface area contributed by atoms with Gasteiger partial charge in [-0.25, -0.2) is 4.98 Å². The van der Waals surface area contributed by atoms with Crippen LogP contribution in [0.25, 0.3) is 0 Å². The molecule has 0 spiro atoms. The molecule has 1 aromatic rings. The van der Waals surface area contributed by atoms with Crippen molar-refractivity contribution in [3.05, 3.63) is 29.6 Å². The van der Waals surface area contributed by atoms with Crippen molar-refractivity contribution >= 4 is 28.5 Å². The Balaban J connectivity index is 2.66. The van der Waals surface area contributed by atoms with E-state index in [4.69, 9.17) is 0 Å². The molecule has 1 heterocycles. The smallest absolute Gasteiger partial charge is 0.269 e. The summed E-state index contributed by atoms with van der Waals surface area (Å²) in [5.74, 6) is -0.0969. The number of pyridine rings is 1. The number of nitrogens with one attached hydrogen (secondary N) is 1. The van der Waals surface area contributed by atoms with E-state index in [1.54, 1.807) is 6.07 Å². The van der Waals surface area contributed by atoms with Crippen LogP contribution in [0.5, 0.6) is 0 Å². The molecule has 13 heavy (non-hydrogen) atoms. The van der Waals surface area contributed by atoms with Crippen molar-refractivity contribution in [3.63, 3.8) is 0 Å². The molecule has 0 unspecified atom stereocenters. The van der Waals surface area contributed by atoms with E-state index >= 15 is 0 Å². The highest BCUT2D eigenvalue weighted by molar-refractivity contribution is 14.1. The van der Waals surface area contributed by atoms with Crippen LogP contribution >= 0.6 is 22.6 Å². The van der Waals surface area contributed by atoms with Crippen LogP contribution in [-0.4, -0.2) is 21.9 Å². The molecule has 0 radical (unpaired) electrons. The van der Waals surface area contributed by atoms with E-state index in [2.05, 4.69) is 32.9 Å². The van der Waals surface area contributed by atoms with E-state index in [0.29, 0.717) is 12.2 Å². The highest BCUT2D eigenvalue weighted by Gasteiger charge is 2.04. The van der Waals surface area contributed by atoms with E-state index < -0.39 is 0 Å². The third-order valence-electron chi connectivity index (χ3n) is 1.50. The van der Waals surface area contributed by atoms with Crippen molar-refractivity contribution in [2.45, 2.75) is 6.92 Å². The highest BCUT2D eigenvalue weighted by Crippen LogP contribution is 1.97. The number of rotatable bonds is 3. The number of aromatic nitrogens is 1. The molecular formula is C9H11IN2O. The van der Waals surface area contributed by atoms with Gasteiger partial charge in [-0.1, -0.05) is 28.7 Å². The maximum absolute atomic E-state index is 11.4. The monoisotopic (exact) mass is 290 g/mol. The number of hydrogen-bond donors (Lipinski definition) is 1. The summed E-state index contributed by atoms with van der Waals surface area (Å²) in [5.41, 5.74) is 1.35. The molecule has 0 aliphatic heterocycles. The molecule has 1 N–H and O–H groups in total. The van der Waals surface area contributed by atoms with E-state index in [0.717, 1.165) is 10.1 Å². The number of alkyl halides is 1. The molecule has 0 aromatic carbocycles. The normalized spacial score (nSPS) is 9.69. The standard InChI is InChI=1S/C9H11IN2O/c1-7-3-2-4-8(12-7)9(13)11-6-5-10/h2-4H,5-6H2,1H3,(H,11,13). The molecule has 3 nitrogen and oxygen atoms in total. The van der Waals surface area contributed by atoms with Gasteiger partial charge in [-0.05, 0) is 19.1 Å². The molecule has 0 aliphatic rings. The van der Waals surface area contributed by atoms with E-state index in [-0.39, 0.29) is 5.91 Å². The van der Waals surface area contributed by atoms with E-state index in [1.165, 1.54) is 0 Å². The van der Waals surface area contributed by atoms with E-state index in [1.807, 2.05) is 19.1 Å². The second-order valence-electron chi connectivity index (χ2n) is 2.61. The molecule has 0 aliphatic carbocycles. The topological polar surface area (TPSA) is 42.0 Å². The number of carbonyl (C=O) groups excluding carboxylic acids is 1. The first kappa shape index (κ1) is 10.4. The maximum Gasteiger partial charge on any atom is 0.269 e. The van der Waals surface area contributed by atoms with Crippen molar-refractivity contribution in [1.29, 1.82) is 0 Å². The molecule has 1 aromatic heterocycles. The van der Waals surface area contributed by atoms with Gasteiger partial charge < -0.3 is 5.32 Å². The van der Waals surface area contributed by atoms with Gasteiger partial charge in [0.05, 0.1) is 0 Å². The zero-order valence-corrected chi connectivity index (χ0v) is 9.54. The SMILES string of the molecule is Cc1cccc(C(=O)NCCI)n1. The summed E-state index contributed by atoms with van der Waals surface area (Å²) in [5, 5.41) is 2.77. The Morgan fingerprint density at radius 3 is 3.00 bits per heavy atom. The summed E-state index contributed by atoms with van der Waals surface area (Å²) in [6, 6.07) is 5.42. The number of hydrogen-bond acceptors (Lipinski definition) is 2. The van der Waals surface area contributed by atoms with Gasteiger partial charge in [0.2, 0.25) is 0 Å². The second-order valence-corrected chi connectivity index (χ2v) is 3.69.